The second kappa shape index (κ2) is 7.17. The molecule has 0 aromatic heterocycles. The third kappa shape index (κ3) is 4.13. The number of allylic oxidation sites excluding steroid dienone is 1. The van der Waals surface area contributed by atoms with E-state index in [-0.39, 0.29) is 18.1 Å². The molecule has 1 aromatic rings. The molecule has 2 amide bonds. The lowest BCUT2D eigenvalue weighted by molar-refractivity contribution is -0.143. The van der Waals surface area contributed by atoms with Crippen molar-refractivity contribution in [2.45, 2.75) is 39.8 Å². The number of nitrogens with one attached hydrogen (secondary N) is 2. The van der Waals surface area contributed by atoms with Gasteiger partial charge in [0.2, 0.25) is 0 Å². The molecule has 0 saturated carbocycles. The highest BCUT2D eigenvalue weighted by Crippen LogP contribution is 2.31. The topological polar surface area (TPSA) is 67.4 Å². The van der Waals surface area contributed by atoms with Gasteiger partial charge < -0.3 is 15.4 Å². The molecule has 2 N–H and O–H groups in total. The Hall–Kier alpha value is -1.82. The summed E-state index contributed by atoms with van der Waals surface area (Å²) in [5.41, 5.74) is 1.89. The third-order valence-corrected chi connectivity index (χ3v) is 3.97. The van der Waals surface area contributed by atoms with Gasteiger partial charge in [-0.25, -0.2) is 9.59 Å². The minimum atomic E-state index is -0.527. The van der Waals surface area contributed by atoms with Crippen molar-refractivity contribution < 1.29 is 14.3 Å². The molecule has 1 unspecified atom stereocenters. The zero-order valence-corrected chi connectivity index (χ0v) is 15.2. The van der Waals surface area contributed by atoms with E-state index in [9.17, 15) is 9.59 Å². The first-order valence-electron chi connectivity index (χ1n) is 7.57. The molecule has 1 atom stereocenters. The van der Waals surface area contributed by atoms with Gasteiger partial charge in [0.05, 0.1) is 17.7 Å². The van der Waals surface area contributed by atoms with Crippen LogP contribution < -0.4 is 10.6 Å². The lowest BCUT2D eigenvalue weighted by atomic mass is 9.91. The first-order chi connectivity index (χ1) is 10.8. The standard InChI is InChI=1S/C17H21BrN2O3/c1-9(2)14-13(16(21)23-10(3)4)15(20-17(22)19-14)11-5-7-12(18)8-6-11/h5-10,15H,1-4H3,(H2,19,20,22). The van der Waals surface area contributed by atoms with E-state index in [1.54, 1.807) is 13.8 Å². The Labute approximate surface area is 144 Å². The minimum absolute atomic E-state index is 0.00582. The van der Waals surface area contributed by atoms with Gasteiger partial charge in [0.1, 0.15) is 0 Å². The molecule has 0 fully saturated rings. The number of esters is 1. The predicted octanol–water partition coefficient (Wildman–Crippen LogP) is 3.66. The molecular formula is C17H21BrN2O3. The van der Waals surface area contributed by atoms with E-state index in [1.165, 1.54) is 0 Å². The Bertz CT molecular complexity index is 636. The fourth-order valence-corrected chi connectivity index (χ4v) is 2.71. The van der Waals surface area contributed by atoms with Crippen molar-refractivity contribution >= 4 is 27.9 Å². The molecule has 1 aliphatic heterocycles. The van der Waals surface area contributed by atoms with Crippen molar-refractivity contribution in [2.24, 2.45) is 5.92 Å². The molecule has 0 bridgehead atoms. The third-order valence-electron chi connectivity index (χ3n) is 3.45. The number of rotatable bonds is 4. The molecule has 0 spiro atoms. The quantitative estimate of drug-likeness (QED) is 0.783. The van der Waals surface area contributed by atoms with Crippen LogP contribution in [0.15, 0.2) is 40.0 Å². The van der Waals surface area contributed by atoms with Crippen molar-refractivity contribution in [2.75, 3.05) is 0 Å². The Morgan fingerprint density at radius 2 is 1.78 bits per heavy atom. The summed E-state index contributed by atoms with van der Waals surface area (Å²) in [5, 5.41) is 5.57. The Kier molecular flexibility index (Phi) is 5.46. The van der Waals surface area contributed by atoms with E-state index in [0.717, 1.165) is 10.0 Å². The highest BCUT2D eigenvalue weighted by Gasteiger charge is 2.34. The molecule has 0 radical (unpaired) electrons. The number of carbonyl (C=O) groups is 2. The SMILES string of the molecule is CC(C)OC(=O)C1=C(C(C)C)NC(=O)NC1c1ccc(Br)cc1. The van der Waals surface area contributed by atoms with E-state index >= 15 is 0 Å². The van der Waals surface area contributed by atoms with Crippen molar-refractivity contribution in [1.82, 2.24) is 10.6 Å². The Morgan fingerprint density at radius 1 is 1.17 bits per heavy atom. The fraction of sp³-hybridized carbons (Fsp3) is 0.412. The minimum Gasteiger partial charge on any atom is -0.459 e. The summed E-state index contributed by atoms with van der Waals surface area (Å²) >= 11 is 3.39. The molecule has 23 heavy (non-hydrogen) atoms. The summed E-state index contributed by atoms with van der Waals surface area (Å²) < 4.78 is 6.31. The summed E-state index contributed by atoms with van der Waals surface area (Å²) in [6, 6.07) is 6.67. The van der Waals surface area contributed by atoms with Crippen LogP contribution in [0.1, 0.15) is 39.3 Å². The zero-order valence-electron chi connectivity index (χ0n) is 13.6. The van der Waals surface area contributed by atoms with Gasteiger partial charge in [-0.3, -0.25) is 0 Å². The van der Waals surface area contributed by atoms with Crippen molar-refractivity contribution in [3.05, 3.63) is 45.6 Å². The van der Waals surface area contributed by atoms with Gasteiger partial charge in [-0.2, -0.15) is 0 Å². The number of carbonyl (C=O) groups excluding carboxylic acids is 2. The second-order valence-electron chi connectivity index (χ2n) is 6.02. The summed E-state index contributed by atoms with van der Waals surface area (Å²) in [6.07, 6.45) is -0.230. The van der Waals surface area contributed by atoms with Crippen molar-refractivity contribution in [3.63, 3.8) is 0 Å². The van der Waals surface area contributed by atoms with Gasteiger partial charge in [-0.1, -0.05) is 41.9 Å². The molecule has 5 nitrogen and oxygen atoms in total. The van der Waals surface area contributed by atoms with E-state index in [2.05, 4.69) is 26.6 Å². The monoisotopic (exact) mass is 380 g/mol. The number of hydrogen-bond donors (Lipinski definition) is 2. The van der Waals surface area contributed by atoms with Crippen LogP contribution in [-0.2, 0) is 9.53 Å². The number of halogens is 1. The molecule has 124 valence electrons. The molecule has 0 saturated heterocycles. The maximum absolute atomic E-state index is 12.6. The largest absolute Gasteiger partial charge is 0.459 e. The molecule has 1 aliphatic rings. The van der Waals surface area contributed by atoms with Crippen LogP contribution in [-0.4, -0.2) is 18.1 Å². The van der Waals surface area contributed by atoms with Gasteiger partial charge in [0, 0.05) is 10.2 Å². The van der Waals surface area contributed by atoms with Gasteiger partial charge in [-0.05, 0) is 37.5 Å². The van der Waals surface area contributed by atoms with Crippen LogP contribution in [0.3, 0.4) is 0 Å². The molecule has 1 heterocycles. The van der Waals surface area contributed by atoms with Gasteiger partial charge >= 0.3 is 12.0 Å². The van der Waals surface area contributed by atoms with Crippen LogP contribution in [0.5, 0.6) is 0 Å². The molecule has 6 heteroatoms. The zero-order chi connectivity index (χ0) is 17.1. The predicted molar refractivity (Wildman–Crippen MR) is 91.6 cm³/mol. The fourth-order valence-electron chi connectivity index (χ4n) is 2.45. The Morgan fingerprint density at radius 3 is 2.30 bits per heavy atom. The number of hydrogen-bond acceptors (Lipinski definition) is 3. The van der Waals surface area contributed by atoms with E-state index in [0.29, 0.717) is 11.3 Å². The van der Waals surface area contributed by atoms with Gasteiger partial charge in [-0.15, -0.1) is 0 Å². The average molecular weight is 381 g/mol. The molecule has 1 aromatic carbocycles. The van der Waals surface area contributed by atoms with E-state index < -0.39 is 12.0 Å². The van der Waals surface area contributed by atoms with Crippen LogP contribution >= 0.6 is 15.9 Å². The maximum atomic E-state index is 12.6. The number of urea groups is 1. The summed E-state index contributed by atoms with van der Waals surface area (Å²) in [5.74, 6) is -0.419. The number of amides is 2. The van der Waals surface area contributed by atoms with Crippen LogP contribution in [0, 0.1) is 5.92 Å². The summed E-state index contributed by atoms with van der Waals surface area (Å²) in [6.45, 7) is 7.47. The van der Waals surface area contributed by atoms with Gasteiger partial charge in [0.15, 0.2) is 0 Å². The molecular weight excluding hydrogens is 360 g/mol. The Balaban J connectivity index is 2.51. The highest BCUT2D eigenvalue weighted by molar-refractivity contribution is 9.10. The second-order valence-corrected chi connectivity index (χ2v) is 6.93. The normalized spacial score (nSPS) is 18.0. The smallest absolute Gasteiger partial charge is 0.338 e. The van der Waals surface area contributed by atoms with Crippen molar-refractivity contribution in [1.29, 1.82) is 0 Å². The number of ether oxygens (including phenoxy) is 1. The van der Waals surface area contributed by atoms with Crippen LogP contribution in [0.2, 0.25) is 0 Å². The molecule has 0 aliphatic carbocycles. The summed E-state index contributed by atoms with van der Waals surface area (Å²) in [7, 11) is 0. The number of benzene rings is 1. The lowest BCUT2D eigenvalue weighted by Gasteiger charge is -2.31. The van der Waals surface area contributed by atoms with Crippen LogP contribution in [0.25, 0.3) is 0 Å². The van der Waals surface area contributed by atoms with E-state index in [1.807, 2.05) is 38.1 Å². The van der Waals surface area contributed by atoms with Crippen LogP contribution in [0.4, 0.5) is 4.79 Å². The molecule has 2 rings (SSSR count). The summed E-state index contributed by atoms with van der Waals surface area (Å²) in [4.78, 5) is 24.6. The lowest BCUT2D eigenvalue weighted by Crippen LogP contribution is -2.47. The first-order valence-corrected chi connectivity index (χ1v) is 8.37. The highest BCUT2D eigenvalue weighted by atomic mass is 79.9. The van der Waals surface area contributed by atoms with Crippen molar-refractivity contribution in [3.8, 4) is 0 Å². The average Bonchev–Trinajstić information content (AvgIpc) is 2.46. The maximum Gasteiger partial charge on any atom is 0.338 e. The van der Waals surface area contributed by atoms with Gasteiger partial charge in [0.25, 0.3) is 0 Å². The van der Waals surface area contributed by atoms with E-state index in [4.69, 9.17) is 4.74 Å². The first kappa shape index (κ1) is 17.5.